The van der Waals surface area contributed by atoms with Gasteiger partial charge in [0.1, 0.15) is 11.6 Å². The highest BCUT2D eigenvalue weighted by molar-refractivity contribution is 8.18. The van der Waals surface area contributed by atoms with Gasteiger partial charge in [-0.3, -0.25) is 19.3 Å². The monoisotopic (exact) mass is 536 g/mol. The van der Waals surface area contributed by atoms with Gasteiger partial charge in [-0.25, -0.2) is 4.39 Å². The van der Waals surface area contributed by atoms with Gasteiger partial charge in [0.05, 0.1) is 30.9 Å². The van der Waals surface area contributed by atoms with Gasteiger partial charge < -0.3 is 19.5 Å². The van der Waals surface area contributed by atoms with Crippen LogP contribution in [0.5, 0.6) is 17.2 Å². The Hall–Kier alpha value is -4.31. The van der Waals surface area contributed by atoms with Crippen LogP contribution in [0.1, 0.15) is 18.1 Å². The van der Waals surface area contributed by atoms with Crippen molar-refractivity contribution < 1.29 is 33.0 Å². The summed E-state index contributed by atoms with van der Waals surface area (Å²) in [5, 5.41) is 2.28. The first kappa shape index (κ1) is 26.7. The number of carbonyl (C=O) groups excluding carboxylic acids is 3. The normalized spacial score (nSPS) is 14.1. The Morgan fingerprint density at radius 2 is 1.76 bits per heavy atom. The molecule has 0 saturated carbocycles. The summed E-state index contributed by atoms with van der Waals surface area (Å²) in [5.74, 6) is -0.151. The number of amides is 3. The van der Waals surface area contributed by atoms with Crippen LogP contribution in [-0.2, 0) is 16.1 Å². The summed E-state index contributed by atoms with van der Waals surface area (Å²) in [4.78, 5) is 38.9. The molecule has 0 atom stereocenters. The van der Waals surface area contributed by atoms with Crippen molar-refractivity contribution in [3.63, 3.8) is 0 Å². The van der Waals surface area contributed by atoms with Crippen molar-refractivity contribution in [2.24, 2.45) is 0 Å². The molecule has 4 rings (SSSR count). The average molecular weight is 537 g/mol. The van der Waals surface area contributed by atoms with Crippen molar-refractivity contribution in [2.45, 2.75) is 13.5 Å². The molecule has 8 nitrogen and oxygen atoms in total. The third-order valence-corrected chi connectivity index (χ3v) is 6.37. The van der Waals surface area contributed by atoms with Crippen LogP contribution in [0.2, 0.25) is 0 Å². The lowest BCUT2D eigenvalue weighted by atomic mass is 10.1. The van der Waals surface area contributed by atoms with Crippen LogP contribution in [0.4, 0.5) is 14.9 Å². The number of rotatable bonds is 10. The first-order valence-corrected chi connectivity index (χ1v) is 12.5. The molecule has 0 spiro atoms. The highest BCUT2D eigenvalue weighted by Crippen LogP contribution is 2.35. The van der Waals surface area contributed by atoms with Crippen LogP contribution in [0, 0.1) is 5.82 Å². The fourth-order valence-corrected chi connectivity index (χ4v) is 4.50. The van der Waals surface area contributed by atoms with Gasteiger partial charge in [-0.1, -0.05) is 36.4 Å². The van der Waals surface area contributed by atoms with E-state index in [1.807, 2.05) is 13.0 Å². The van der Waals surface area contributed by atoms with Gasteiger partial charge in [0.2, 0.25) is 0 Å². The molecule has 1 aliphatic rings. The van der Waals surface area contributed by atoms with Crippen LogP contribution in [-0.4, -0.2) is 42.3 Å². The Balaban J connectivity index is 1.42. The molecule has 1 aliphatic heterocycles. The van der Waals surface area contributed by atoms with E-state index in [1.54, 1.807) is 54.6 Å². The molecule has 10 heteroatoms. The number of benzene rings is 3. The van der Waals surface area contributed by atoms with Crippen molar-refractivity contribution in [2.75, 3.05) is 25.6 Å². The van der Waals surface area contributed by atoms with Crippen molar-refractivity contribution in [3.05, 3.63) is 88.6 Å². The predicted octanol–water partition coefficient (Wildman–Crippen LogP) is 5.49. The molecule has 196 valence electrons. The van der Waals surface area contributed by atoms with Gasteiger partial charge in [0.25, 0.3) is 17.1 Å². The van der Waals surface area contributed by atoms with Crippen LogP contribution in [0.15, 0.2) is 71.6 Å². The summed E-state index contributed by atoms with van der Waals surface area (Å²) in [6.07, 6.45) is 1.55. The number of thioether (sulfide) groups is 1. The van der Waals surface area contributed by atoms with E-state index < -0.39 is 17.0 Å². The van der Waals surface area contributed by atoms with E-state index >= 15 is 0 Å². The Morgan fingerprint density at radius 1 is 1.00 bits per heavy atom. The number of nitrogens with zero attached hydrogens (tertiary/aromatic N) is 1. The summed E-state index contributed by atoms with van der Waals surface area (Å²) in [7, 11) is 1.45. The van der Waals surface area contributed by atoms with Crippen LogP contribution in [0.25, 0.3) is 6.08 Å². The van der Waals surface area contributed by atoms with Crippen molar-refractivity contribution in [3.8, 4) is 17.2 Å². The summed E-state index contributed by atoms with van der Waals surface area (Å²) in [6, 6.07) is 18.0. The zero-order valence-corrected chi connectivity index (χ0v) is 21.5. The number of nitrogens with one attached hydrogen (secondary N) is 1. The molecule has 38 heavy (non-hydrogen) atoms. The van der Waals surface area contributed by atoms with Crippen molar-refractivity contribution in [1.82, 2.24) is 4.90 Å². The molecule has 0 radical (unpaired) electrons. The molecule has 1 N–H and O–H groups in total. The predicted molar refractivity (Wildman–Crippen MR) is 143 cm³/mol. The number of anilines is 1. The van der Waals surface area contributed by atoms with Gasteiger partial charge in [-0.15, -0.1) is 0 Å². The molecule has 1 fully saturated rings. The third-order valence-electron chi connectivity index (χ3n) is 5.47. The van der Waals surface area contributed by atoms with Crippen molar-refractivity contribution in [1.29, 1.82) is 0 Å². The number of methoxy groups -OCH3 is 1. The van der Waals surface area contributed by atoms with E-state index in [2.05, 4.69) is 5.32 Å². The highest BCUT2D eigenvalue weighted by atomic mass is 32.2. The first-order valence-electron chi connectivity index (χ1n) is 11.7. The molecule has 0 aliphatic carbocycles. The molecule has 3 aromatic carbocycles. The zero-order chi connectivity index (χ0) is 27.1. The van der Waals surface area contributed by atoms with E-state index in [9.17, 15) is 18.8 Å². The number of hydrogen-bond donors (Lipinski definition) is 1. The summed E-state index contributed by atoms with van der Waals surface area (Å²) >= 11 is 0.780. The minimum absolute atomic E-state index is 0.151. The first-order chi connectivity index (χ1) is 18.4. The lowest BCUT2D eigenvalue weighted by molar-refractivity contribution is -0.123. The van der Waals surface area contributed by atoms with Crippen LogP contribution < -0.4 is 19.5 Å². The van der Waals surface area contributed by atoms with E-state index in [0.717, 1.165) is 16.7 Å². The molecule has 0 aromatic heterocycles. The summed E-state index contributed by atoms with van der Waals surface area (Å²) in [5.41, 5.74) is 1.37. The molecule has 0 unspecified atom stereocenters. The van der Waals surface area contributed by atoms with Gasteiger partial charge in [-0.05, 0) is 60.7 Å². The number of para-hydroxylation sites is 2. The van der Waals surface area contributed by atoms with E-state index in [4.69, 9.17) is 14.2 Å². The number of carbonyl (C=O) groups is 3. The van der Waals surface area contributed by atoms with Gasteiger partial charge in [-0.2, -0.15) is 0 Å². The maximum atomic E-state index is 14.0. The Bertz CT molecular complexity index is 1390. The largest absolute Gasteiger partial charge is 0.493 e. The molecule has 1 heterocycles. The number of halogens is 1. The van der Waals surface area contributed by atoms with Crippen LogP contribution in [0.3, 0.4) is 0 Å². The van der Waals surface area contributed by atoms with E-state index in [-0.39, 0.29) is 29.5 Å². The van der Waals surface area contributed by atoms with Crippen molar-refractivity contribution >= 4 is 40.6 Å². The third kappa shape index (κ3) is 6.33. The van der Waals surface area contributed by atoms with E-state index in [1.165, 1.54) is 19.2 Å². The fourth-order valence-electron chi connectivity index (χ4n) is 3.66. The second-order valence-electron chi connectivity index (χ2n) is 8.04. The molecule has 1 saturated heterocycles. The Morgan fingerprint density at radius 3 is 2.53 bits per heavy atom. The Labute approximate surface area is 223 Å². The number of imide groups is 1. The minimum Gasteiger partial charge on any atom is -0.493 e. The SMILES string of the molecule is CCOc1ccccc1NC(=O)COc1ccc(/C=C2/SC(=O)N(Cc3ccccc3F)C2=O)cc1OC. The van der Waals surface area contributed by atoms with Gasteiger partial charge >= 0.3 is 0 Å². The fraction of sp³-hybridized carbons (Fsp3) is 0.179. The lowest BCUT2D eigenvalue weighted by Crippen LogP contribution is -2.27. The maximum absolute atomic E-state index is 14.0. The van der Waals surface area contributed by atoms with Gasteiger partial charge in [0, 0.05) is 5.56 Å². The zero-order valence-electron chi connectivity index (χ0n) is 20.7. The summed E-state index contributed by atoms with van der Waals surface area (Å²) < 4.78 is 30.6. The second-order valence-corrected chi connectivity index (χ2v) is 9.03. The molecular weight excluding hydrogens is 511 g/mol. The quantitative estimate of drug-likeness (QED) is 0.343. The molecule has 3 aromatic rings. The number of ether oxygens (including phenoxy) is 3. The Kier molecular flexibility index (Phi) is 8.65. The van der Waals surface area contributed by atoms with E-state index in [0.29, 0.717) is 35.1 Å². The number of hydrogen-bond acceptors (Lipinski definition) is 7. The molecular formula is C28H25FN2O6S. The standard InChI is InChI=1S/C28H25FN2O6S/c1-3-36-22-11-7-6-10-21(22)30-26(32)17-37-23-13-12-18(14-24(23)35-2)15-25-27(33)31(28(34)38-25)16-19-8-4-5-9-20(19)29/h4-15H,3,16-17H2,1-2H3,(H,30,32)/b25-15+. The summed E-state index contributed by atoms with van der Waals surface area (Å²) in [6.45, 7) is 1.90. The molecule has 0 bridgehead atoms. The van der Waals surface area contributed by atoms with Crippen LogP contribution >= 0.6 is 11.8 Å². The highest BCUT2D eigenvalue weighted by Gasteiger charge is 2.35. The van der Waals surface area contributed by atoms with Gasteiger partial charge in [0.15, 0.2) is 18.1 Å². The minimum atomic E-state index is -0.508. The maximum Gasteiger partial charge on any atom is 0.293 e. The topological polar surface area (TPSA) is 94.2 Å². The average Bonchev–Trinajstić information content (AvgIpc) is 3.17. The smallest absolute Gasteiger partial charge is 0.293 e. The molecule has 3 amide bonds. The second kappa shape index (κ2) is 12.3. The lowest BCUT2D eigenvalue weighted by Gasteiger charge is -2.13.